The first-order valence-corrected chi connectivity index (χ1v) is 9.53. The summed E-state index contributed by atoms with van der Waals surface area (Å²) in [6.45, 7) is 3.45. The van der Waals surface area contributed by atoms with Crippen LogP contribution in [0.25, 0.3) is 10.8 Å². The lowest BCUT2D eigenvalue weighted by molar-refractivity contribution is -0.135. The first-order valence-electron chi connectivity index (χ1n) is 9.53. The number of rotatable bonds is 7. The molecule has 0 aromatic heterocycles. The van der Waals surface area contributed by atoms with Crippen LogP contribution in [-0.2, 0) is 9.59 Å². The second kappa shape index (κ2) is 9.59. The second-order valence-corrected chi connectivity index (χ2v) is 6.58. The Hall–Kier alpha value is -3.54. The number of hydrogen-bond acceptors (Lipinski definition) is 4. The minimum Gasteiger partial charge on any atom is -0.481 e. The quantitative estimate of drug-likeness (QED) is 0.602. The highest BCUT2D eigenvalue weighted by atomic mass is 16.5. The van der Waals surface area contributed by atoms with Gasteiger partial charge >= 0.3 is 0 Å². The topological polar surface area (TPSA) is 76.7 Å². The van der Waals surface area contributed by atoms with E-state index in [9.17, 15) is 9.59 Å². The molecule has 29 heavy (non-hydrogen) atoms. The summed E-state index contributed by atoms with van der Waals surface area (Å²) >= 11 is 0. The fourth-order valence-corrected chi connectivity index (χ4v) is 2.79. The molecule has 0 saturated heterocycles. The van der Waals surface area contributed by atoms with Crippen LogP contribution in [-0.4, -0.2) is 24.0 Å². The summed E-state index contributed by atoms with van der Waals surface area (Å²) in [6, 6.07) is 22.6. The molecule has 3 aromatic rings. The monoisotopic (exact) mass is 392 g/mol. The van der Waals surface area contributed by atoms with E-state index >= 15 is 0 Å². The summed E-state index contributed by atoms with van der Waals surface area (Å²) < 4.78 is 11.4. The fourth-order valence-electron chi connectivity index (χ4n) is 2.79. The molecule has 0 aliphatic heterocycles. The molecule has 0 heterocycles. The van der Waals surface area contributed by atoms with E-state index in [4.69, 9.17) is 9.47 Å². The molecule has 2 amide bonds. The number of para-hydroxylation sites is 1. The first-order chi connectivity index (χ1) is 14.1. The Kier molecular flexibility index (Phi) is 6.68. The van der Waals surface area contributed by atoms with E-state index in [-0.39, 0.29) is 0 Å². The van der Waals surface area contributed by atoms with Crippen molar-refractivity contribution in [2.24, 2.45) is 0 Å². The van der Waals surface area contributed by atoms with Gasteiger partial charge in [0, 0.05) is 0 Å². The maximum absolute atomic E-state index is 12.3. The van der Waals surface area contributed by atoms with Crippen molar-refractivity contribution in [1.29, 1.82) is 0 Å². The van der Waals surface area contributed by atoms with E-state index in [1.165, 1.54) is 0 Å². The van der Waals surface area contributed by atoms with Crippen molar-refractivity contribution in [2.75, 3.05) is 0 Å². The number of fused-ring (bicyclic) bond motifs is 1. The lowest BCUT2D eigenvalue weighted by Crippen LogP contribution is -2.51. The standard InChI is InChI=1S/C23H24N2O4/c1-3-21(29-19-11-5-4-6-12-19)23(27)25-24-22(26)16(2)28-20-14-13-17-9-7-8-10-18(17)15-20/h4-16,21H,3H2,1-2H3,(H,24,26)(H,25,27)/t16-,21-/m0/s1. The average Bonchev–Trinajstić information content (AvgIpc) is 2.76. The van der Waals surface area contributed by atoms with Crippen LogP contribution in [0, 0.1) is 0 Å². The Labute approximate surface area is 169 Å². The van der Waals surface area contributed by atoms with Gasteiger partial charge in [-0.25, -0.2) is 0 Å². The van der Waals surface area contributed by atoms with E-state index < -0.39 is 24.0 Å². The zero-order valence-corrected chi connectivity index (χ0v) is 16.4. The number of carbonyl (C=O) groups is 2. The summed E-state index contributed by atoms with van der Waals surface area (Å²) in [4.78, 5) is 24.6. The highest BCUT2D eigenvalue weighted by molar-refractivity contribution is 5.87. The number of ether oxygens (including phenoxy) is 2. The van der Waals surface area contributed by atoms with E-state index in [1.807, 2.05) is 67.6 Å². The van der Waals surface area contributed by atoms with Crippen LogP contribution in [0.4, 0.5) is 0 Å². The molecular formula is C23H24N2O4. The fraction of sp³-hybridized carbons (Fsp3) is 0.217. The average molecular weight is 392 g/mol. The highest BCUT2D eigenvalue weighted by Gasteiger charge is 2.21. The van der Waals surface area contributed by atoms with Gasteiger partial charge in [0.15, 0.2) is 12.2 Å². The number of hydrogen-bond donors (Lipinski definition) is 2. The van der Waals surface area contributed by atoms with E-state index in [2.05, 4.69) is 10.9 Å². The van der Waals surface area contributed by atoms with E-state index in [0.717, 1.165) is 10.8 Å². The third-order valence-electron chi connectivity index (χ3n) is 4.40. The Morgan fingerprint density at radius 2 is 1.45 bits per heavy atom. The molecule has 0 unspecified atom stereocenters. The largest absolute Gasteiger partial charge is 0.481 e. The summed E-state index contributed by atoms with van der Waals surface area (Å²) in [5.74, 6) is 0.286. The Bertz CT molecular complexity index is 975. The predicted molar refractivity (Wildman–Crippen MR) is 111 cm³/mol. The number of nitrogens with one attached hydrogen (secondary N) is 2. The van der Waals surface area contributed by atoms with Gasteiger partial charge in [-0.15, -0.1) is 0 Å². The molecule has 6 heteroatoms. The molecule has 3 aromatic carbocycles. The molecule has 0 aliphatic rings. The smallest absolute Gasteiger partial charge is 0.279 e. The van der Waals surface area contributed by atoms with Gasteiger partial charge in [-0.2, -0.15) is 0 Å². The summed E-state index contributed by atoms with van der Waals surface area (Å²) in [6.07, 6.45) is -1.04. The minimum absolute atomic E-state index is 0.428. The van der Waals surface area contributed by atoms with Crippen molar-refractivity contribution >= 4 is 22.6 Å². The van der Waals surface area contributed by atoms with Gasteiger partial charge in [0.1, 0.15) is 11.5 Å². The molecule has 2 N–H and O–H groups in total. The molecule has 0 radical (unpaired) electrons. The molecule has 2 atom stereocenters. The highest BCUT2D eigenvalue weighted by Crippen LogP contribution is 2.21. The third-order valence-corrected chi connectivity index (χ3v) is 4.40. The van der Waals surface area contributed by atoms with Crippen molar-refractivity contribution < 1.29 is 19.1 Å². The van der Waals surface area contributed by atoms with Crippen LogP contribution in [0.3, 0.4) is 0 Å². The number of carbonyl (C=O) groups excluding carboxylic acids is 2. The molecule has 0 fully saturated rings. The Balaban J connectivity index is 1.52. The number of hydrazine groups is 1. The predicted octanol–water partition coefficient (Wildman–Crippen LogP) is 3.61. The molecule has 0 spiro atoms. The van der Waals surface area contributed by atoms with Gasteiger partial charge < -0.3 is 9.47 Å². The van der Waals surface area contributed by atoms with Crippen molar-refractivity contribution in [1.82, 2.24) is 10.9 Å². The van der Waals surface area contributed by atoms with E-state index in [1.54, 1.807) is 19.1 Å². The van der Waals surface area contributed by atoms with Crippen LogP contribution in [0.5, 0.6) is 11.5 Å². The SMILES string of the molecule is CC[C@H](Oc1ccccc1)C(=O)NNC(=O)[C@H](C)Oc1ccc2ccccc2c1. The van der Waals surface area contributed by atoms with Gasteiger partial charge in [-0.1, -0.05) is 55.5 Å². The number of amides is 2. The van der Waals surface area contributed by atoms with Gasteiger partial charge in [0.2, 0.25) is 0 Å². The van der Waals surface area contributed by atoms with Gasteiger partial charge in [0.25, 0.3) is 11.8 Å². The van der Waals surface area contributed by atoms with Gasteiger partial charge in [-0.05, 0) is 48.4 Å². The Morgan fingerprint density at radius 3 is 2.17 bits per heavy atom. The van der Waals surface area contributed by atoms with Crippen LogP contribution in [0.1, 0.15) is 20.3 Å². The van der Waals surface area contributed by atoms with Crippen LogP contribution >= 0.6 is 0 Å². The zero-order chi connectivity index (χ0) is 20.6. The molecule has 6 nitrogen and oxygen atoms in total. The van der Waals surface area contributed by atoms with Crippen molar-refractivity contribution in [3.8, 4) is 11.5 Å². The molecule has 0 bridgehead atoms. The van der Waals surface area contributed by atoms with Crippen LogP contribution < -0.4 is 20.3 Å². The second-order valence-electron chi connectivity index (χ2n) is 6.58. The third kappa shape index (κ3) is 5.48. The molecule has 150 valence electrons. The summed E-state index contributed by atoms with van der Waals surface area (Å²) in [7, 11) is 0. The van der Waals surface area contributed by atoms with Crippen molar-refractivity contribution in [3.63, 3.8) is 0 Å². The van der Waals surface area contributed by atoms with E-state index in [0.29, 0.717) is 17.9 Å². The zero-order valence-electron chi connectivity index (χ0n) is 16.4. The van der Waals surface area contributed by atoms with Crippen molar-refractivity contribution in [2.45, 2.75) is 32.5 Å². The van der Waals surface area contributed by atoms with Crippen LogP contribution in [0.2, 0.25) is 0 Å². The normalized spacial score (nSPS) is 12.6. The number of benzene rings is 3. The summed E-state index contributed by atoms with van der Waals surface area (Å²) in [5, 5.41) is 2.11. The molecule has 0 saturated carbocycles. The van der Waals surface area contributed by atoms with Gasteiger partial charge in [0.05, 0.1) is 0 Å². The molecule has 0 aliphatic carbocycles. The lowest BCUT2D eigenvalue weighted by atomic mass is 10.1. The first kappa shape index (κ1) is 20.2. The molecule has 3 rings (SSSR count). The Morgan fingerprint density at radius 1 is 0.793 bits per heavy atom. The summed E-state index contributed by atoms with van der Waals surface area (Å²) in [5.41, 5.74) is 4.80. The molecular weight excluding hydrogens is 368 g/mol. The maximum atomic E-state index is 12.3. The van der Waals surface area contributed by atoms with Crippen LogP contribution in [0.15, 0.2) is 72.8 Å². The maximum Gasteiger partial charge on any atom is 0.279 e. The lowest BCUT2D eigenvalue weighted by Gasteiger charge is -2.19. The van der Waals surface area contributed by atoms with Gasteiger partial charge in [-0.3, -0.25) is 20.4 Å². The van der Waals surface area contributed by atoms with Crippen molar-refractivity contribution in [3.05, 3.63) is 72.8 Å². The minimum atomic E-state index is -0.786.